The van der Waals surface area contributed by atoms with Crippen LogP contribution < -0.4 is 0 Å². The van der Waals surface area contributed by atoms with Crippen molar-refractivity contribution in [2.75, 3.05) is 0 Å². The molecule has 0 aliphatic heterocycles. The highest BCUT2D eigenvalue weighted by atomic mass is 19.1. The smallest absolute Gasteiger partial charge is 0.131 e. The summed E-state index contributed by atoms with van der Waals surface area (Å²) in [6, 6.07) is 16.7. The Morgan fingerprint density at radius 2 is 1.39 bits per heavy atom. The molecule has 0 aromatic heterocycles. The molecule has 3 aromatic rings. The lowest BCUT2D eigenvalue weighted by Crippen LogP contribution is -1.85. The van der Waals surface area contributed by atoms with E-state index in [2.05, 4.69) is 0 Å². The van der Waals surface area contributed by atoms with Crippen LogP contribution in [0.5, 0.6) is 0 Å². The molecule has 0 bridgehead atoms. The maximum Gasteiger partial charge on any atom is 0.131 e. The van der Waals surface area contributed by atoms with Crippen molar-refractivity contribution in [1.29, 1.82) is 0 Å². The third-order valence-electron chi connectivity index (χ3n) is 3.00. The summed E-state index contributed by atoms with van der Waals surface area (Å²) in [4.78, 5) is 0. The lowest BCUT2D eigenvalue weighted by atomic mass is 9.98. The van der Waals surface area contributed by atoms with E-state index in [4.69, 9.17) is 0 Å². The Balaban J connectivity index is 2.33. The summed E-state index contributed by atoms with van der Waals surface area (Å²) in [5.41, 5.74) is 1.60. The quantitative estimate of drug-likeness (QED) is 0.574. The Morgan fingerprint density at radius 1 is 0.667 bits per heavy atom. The molecule has 0 saturated carbocycles. The van der Waals surface area contributed by atoms with Crippen LogP contribution in [0.3, 0.4) is 0 Å². The first-order valence-corrected chi connectivity index (χ1v) is 5.69. The molecule has 0 nitrogen and oxygen atoms in total. The van der Waals surface area contributed by atoms with Gasteiger partial charge in [-0.3, -0.25) is 0 Å². The van der Waals surface area contributed by atoms with Crippen molar-refractivity contribution in [2.24, 2.45) is 0 Å². The van der Waals surface area contributed by atoms with Gasteiger partial charge in [0.15, 0.2) is 0 Å². The van der Waals surface area contributed by atoms with Gasteiger partial charge in [-0.25, -0.2) is 8.78 Å². The van der Waals surface area contributed by atoms with Crippen molar-refractivity contribution in [1.82, 2.24) is 0 Å². The minimum Gasteiger partial charge on any atom is -0.207 e. The van der Waals surface area contributed by atoms with E-state index in [9.17, 15) is 8.78 Å². The van der Waals surface area contributed by atoms with E-state index in [1.165, 1.54) is 18.2 Å². The standard InChI is InChI=1S/C16H10F2/c17-12-5-1-4-11(10-12)13-6-2-8-15-14(13)7-3-9-16(15)18/h1-10H. The lowest BCUT2D eigenvalue weighted by Gasteiger charge is -2.07. The van der Waals surface area contributed by atoms with Gasteiger partial charge < -0.3 is 0 Å². The SMILES string of the molecule is Fc1cccc(-c2cccc3c(F)cccc23)c1. The van der Waals surface area contributed by atoms with Crippen LogP contribution in [0.15, 0.2) is 60.7 Å². The first kappa shape index (κ1) is 10.9. The summed E-state index contributed by atoms with van der Waals surface area (Å²) in [5, 5.41) is 1.35. The molecule has 3 aromatic carbocycles. The molecule has 0 radical (unpaired) electrons. The van der Waals surface area contributed by atoms with Crippen LogP contribution in [-0.4, -0.2) is 0 Å². The monoisotopic (exact) mass is 240 g/mol. The van der Waals surface area contributed by atoms with E-state index in [-0.39, 0.29) is 11.6 Å². The van der Waals surface area contributed by atoms with Gasteiger partial charge in [0.25, 0.3) is 0 Å². The van der Waals surface area contributed by atoms with Crippen LogP contribution in [0.2, 0.25) is 0 Å². The predicted molar refractivity (Wildman–Crippen MR) is 69.3 cm³/mol. The van der Waals surface area contributed by atoms with Crippen LogP contribution in [0, 0.1) is 11.6 Å². The zero-order chi connectivity index (χ0) is 12.5. The normalized spacial score (nSPS) is 10.8. The van der Waals surface area contributed by atoms with Crippen LogP contribution in [-0.2, 0) is 0 Å². The topological polar surface area (TPSA) is 0 Å². The Labute approximate surface area is 104 Å². The fourth-order valence-corrected chi connectivity index (χ4v) is 2.18. The maximum atomic E-state index is 13.7. The molecule has 0 heterocycles. The van der Waals surface area contributed by atoms with E-state index >= 15 is 0 Å². The van der Waals surface area contributed by atoms with E-state index < -0.39 is 0 Å². The molecule has 3 rings (SSSR count). The Kier molecular flexibility index (Phi) is 2.56. The van der Waals surface area contributed by atoms with Gasteiger partial charge in [0.05, 0.1) is 0 Å². The largest absolute Gasteiger partial charge is 0.207 e. The first-order valence-electron chi connectivity index (χ1n) is 5.69. The van der Waals surface area contributed by atoms with Gasteiger partial charge in [-0.1, -0.05) is 42.5 Å². The van der Waals surface area contributed by atoms with Crippen LogP contribution in [0.4, 0.5) is 8.78 Å². The van der Waals surface area contributed by atoms with E-state index in [1.54, 1.807) is 24.3 Å². The fraction of sp³-hybridized carbons (Fsp3) is 0. The van der Waals surface area contributed by atoms with Gasteiger partial charge in [-0.2, -0.15) is 0 Å². The molecule has 0 spiro atoms. The van der Waals surface area contributed by atoms with Gasteiger partial charge in [-0.15, -0.1) is 0 Å². The molecule has 2 heteroatoms. The molecular weight excluding hydrogens is 230 g/mol. The summed E-state index contributed by atoms with van der Waals surface area (Å²) in [6.07, 6.45) is 0. The Hall–Kier alpha value is -2.22. The van der Waals surface area contributed by atoms with E-state index in [0.717, 1.165) is 16.5 Å². The fourth-order valence-electron chi connectivity index (χ4n) is 2.18. The molecular formula is C16H10F2. The number of halogens is 2. The minimum absolute atomic E-state index is 0.259. The maximum absolute atomic E-state index is 13.7. The van der Waals surface area contributed by atoms with Gasteiger partial charge in [-0.05, 0) is 34.7 Å². The molecule has 0 aliphatic carbocycles. The molecule has 18 heavy (non-hydrogen) atoms. The second-order valence-corrected chi connectivity index (χ2v) is 4.15. The second-order valence-electron chi connectivity index (χ2n) is 4.15. The summed E-state index contributed by atoms with van der Waals surface area (Å²) >= 11 is 0. The number of benzene rings is 3. The number of hydrogen-bond acceptors (Lipinski definition) is 0. The van der Waals surface area contributed by atoms with Crippen molar-refractivity contribution in [2.45, 2.75) is 0 Å². The van der Waals surface area contributed by atoms with Crippen molar-refractivity contribution < 1.29 is 8.78 Å². The molecule has 0 amide bonds. The molecule has 0 unspecified atom stereocenters. The van der Waals surface area contributed by atoms with E-state index in [0.29, 0.717) is 5.39 Å². The Morgan fingerprint density at radius 3 is 2.22 bits per heavy atom. The zero-order valence-corrected chi connectivity index (χ0v) is 9.53. The van der Waals surface area contributed by atoms with E-state index in [1.807, 2.05) is 18.2 Å². The summed E-state index contributed by atoms with van der Waals surface area (Å²) in [5.74, 6) is -0.549. The molecule has 0 N–H and O–H groups in total. The molecule has 0 aliphatic rings. The van der Waals surface area contributed by atoms with Gasteiger partial charge in [0, 0.05) is 5.39 Å². The third-order valence-corrected chi connectivity index (χ3v) is 3.00. The average molecular weight is 240 g/mol. The van der Waals surface area contributed by atoms with Crippen molar-refractivity contribution in [3.63, 3.8) is 0 Å². The highest BCUT2D eigenvalue weighted by Gasteiger charge is 2.06. The summed E-state index contributed by atoms with van der Waals surface area (Å²) < 4.78 is 26.9. The van der Waals surface area contributed by atoms with Crippen molar-refractivity contribution >= 4 is 10.8 Å². The third kappa shape index (κ3) is 1.76. The zero-order valence-electron chi connectivity index (χ0n) is 9.53. The highest BCUT2D eigenvalue weighted by molar-refractivity contribution is 5.96. The van der Waals surface area contributed by atoms with Gasteiger partial charge in [0.2, 0.25) is 0 Å². The molecule has 0 saturated heterocycles. The lowest BCUT2D eigenvalue weighted by molar-refractivity contribution is 0.628. The van der Waals surface area contributed by atoms with Crippen molar-refractivity contribution in [3.05, 3.63) is 72.3 Å². The minimum atomic E-state index is -0.291. The van der Waals surface area contributed by atoms with Crippen LogP contribution >= 0.6 is 0 Å². The summed E-state index contributed by atoms with van der Waals surface area (Å²) in [7, 11) is 0. The highest BCUT2D eigenvalue weighted by Crippen LogP contribution is 2.30. The second kappa shape index (κ2) is 4.22. The Bertz CT molecular complexity index is 717. The average Bonchev–Trinajstić information content (AvgIpc) is 2.39. The van der Waals surface area contributed by atoms with Gasteiger partial charge in [0.1, 0.15) is 11.6 Å². The molecule has 0 fully saturated rings. The van der Waals surface area contributed by atoms with Crippen LogP contribution in [0.25, 0.3) is 21.9 Å². The number of rotatable bonds is 1. The van der Waals surface area contributed by atoms with Gasteiger partial charge >= 0.3 is 0 Å². The number of fused-ring (bicyclic) bond motifs is 1. The predicted octanol–water partition coefficient (Wildman–Crippen LogP) is 4.79. The number of hydrogen-bond donors (Lipinski definition) is 0. The summed E-state index contributed by atoms with van der Waals surface area (Å²) in [6.45, 7) is 0. The first-order chi connectivity index (χ1) is 8.75. The molecule has 0 atom stereocenters. The van der Waals surface area contributed by atoms with Crippen molar-refractivity contribution in [3.8, 4) is 11.1 Å². The molecule has 88 valence electrons. The van der Waals surface area contributed by atoms with Crippen LogP contribution in [0.1, 0.15) is 0 Å².